The molecule has 3 rings (SSSR count). The molecule has 1 fully saturated rings. The molecule has 2 aromatic rings. The highest BCUT2D eigenvalue weighted by atomic mass is 35.5. The van der Waals surface area contributed by atoms with E-state index < -0.39 is 0 Å². The van der Waals surface area contributed by atoms with Crippen molar-refractivity contribution >= 4 is 40.8 Å². The van der Waals surface area contributed by atoms with E-state index in [0.29, 0.717) is 27.9 Å². The van der Waals surface area contributed by atoms with Crippen molar-refractivity contribution in [3.05, 3.63) is 46.4 Å². The van der Waals surface area contributed by atoms with Gasteiger partial charge in [0, 0.05) is 25.2 Å². The summed E-state index contributed by atoms with van der Waals surface area (Å²) in [5, 5.41) is 0.861. The number of nitrogens with two attached hydrogens (primary N) is 3. The normalized spacial score (nSPS) is 15.1. The number of halogens is 2. The van der Waals surface area contributed by atoms with Gasteiger partial charge >= 0.3 is 0 Å². The third-order valence-corrected chi connectivity index (χ3v) is 5.03. The van der Waals surface area contributed by atoms with Gasteiger partial charge in [0.25, 0.3) is 0 Å². The average molecular weight is 451 g/mol. The number of guanidine groups is 2. The van der Waals surface area contributed by atoms with Crippen molar-refractivity contribution in [2.45, 2.75) is 0 Å². The zero-order chi connectivity index (χ0) is 21.5. The Hall–Kier alpha value is -2.52. The van der Waals surface area contributed by atoms with Crippen LogP contribution in [0.25, 0.3) is 11.1 Å². The minimum Gasteiger partial charge on any atom is -0.492 e. The van der Waals surface area contributed by atoms with Crippen molar-refractivity contribution in [2.75, 3.05) is 39.5 Å². The Morgan fingerprint density at radius 3 is 2.27 bits per heavy atom. The number of ether oxygens (including phenoxy) is 2. The summed E-state index contributed by atoms with van der Waals surface area (Å²) >= 11 is 12.9. The first-order valence-electron chi connectivity index (χ1n) is 9.38. The predicted molar refractivity (Wildman–Crippen MR) is 122 cm³/mol. The molecule has 0 bridgehead atoms. The Labute approximate surface area is 185 Å². The standard InChI is InChI=1S/C20H24Cl2N6O2/c21-16-11-14(26-20(25)27-19(23)24)12-17(22)18(16)13-1-3-15(4-2-13)30-10-7-28-5-8-29-9-6-28/h1-4,11-12H,5-10H2,(H6,23,24,25,26,27). The summed E-state index contributed by atoms with van der Waals surface area (Å²) in [7, 11) is 0. The van der Waals surface area contributed by atoms with Gasteiger partial charge in [-0.3, -0.25) is 4.90 Å². The van der Waals surface area contributed by atoms with Crippen molar-refractivity contribution in [1.82, 2.24) is 4.90 Å². The molecule has 0 saturated carbocycles. The number of hydrogen-bond acceptors (Lipinski definition) is 4. The van der Waals surface area contributed by atoms with Gasteiger partial charge in [-0.1, -0.05) is 35.3 Å². The van der Waals surface area contributed by atoms with Gasteiger partial charge in [0.15, 0.2) is 5.96 Å². The first kappa shape index (κ1) is 22.2. The third-order valence-electron chi connectivity index (χ3n) is 4.44. The van der Waals surface area contributed by atoms with Crippen molar-refractivity contribution < 1.29 is 9.47 Å². The second kappa shape index (κ2) is 10.5. The largest absolute Gasteiger partial charge is 0.492 e. The maximum atomic E-state index is 6.44. The number of nitrogens with zero attached hydrogens (tertiary/aromatic N) is 3. The van der Waals surface area contributed by atoms with Gasteiger partial charge in [-0.25, -0.2) is 4.99 Å². The number of benzene rings is 2. The van der Waals surface area contributed by atoms with Crippen LogP contribution in [0.15, 0.2) is 46.4 Å². The minimum absolute atomic E-state index is 0.0894. The maximum absolute atomic E-state index is 6.44. The quantitative estimate of drug-likeness (QED) is 0.458. The van der Waals surface area contributed by atoms with Gasteiger partial charge in [-0.2, -0.15) is 4.99 Å². The Bertz CT molecular complexity index is 900. The molecule has 6 N–H and O–H groups in total. The molecule has 30 heavy (non-hydrogen) atoms. The Morgan fingerprint density at radius 2 is 1.67 bits per heavy atom. The van der Waals surface area contributed by atoms with Crippen LogP contribution in [0.4, 0.5) is 5.69 Å². The van der Waals surface area contributed by atoms with Gasteiger partial charge in [-0.05, 0) is 29.8 Å². The highest BCUT2D eigenvalue weighted by Gasteiger charge is 2.12. The van der Waals surface area contributed by atoms with Crippen molar-refractivity contribution in [3.8, 4) is 16.9 Å². The SMILES string of the molecule is NC(N)=NC(N)=Nc1cc(Cl)c(-c2ccc(OCCN3CCOCC3)cc2)c(Cl)c1. The molecular formula is C20H24Cl2N6O2. The fourth-order valence-electron chi connectivity index (χ4n) is 3.02. The lowest BCUT2D eigenvalue weighted by Gasteiger charge is -2.26. The molecule has 160 valence electrons. The summed E-state index contributed by atoms with van der Waals surface area (Å²) < 4.78 is 11.2. The number of aliphatic imine (C=N–C) groups is 2. The molecule has 1 saturated heterocycles. The second-order valence-corrected chi connectivity index (χ2v) is 7.43. The van der Waals surface area contributed by atoms with E-state index in [0.717, 1.165) is 44.2 Å². The van der Waals surface area contributed by atoms with Gasteiger partial charge < -0.3 is 26.7 Å². The van der Waals surface area contributed by atoms with Gasteiger partial charge in [0.05, 0.1) is 28.9 Å². The van der Waals surface area contributed by atoms with E-state index in [9.17, 15) is 0 Å². The molecule has 1 heterocycles. The molecule has 0 amide bonds. The van der Waals surface area contributed by atoms with Crippen molar-refractivity contribution in [3.63, 3.8) is 0 Å². The van der Waals surface area contributed by atoms with E-state index in [1.54, 1.807) is 12.1 Å². The summed E-state index contributed by atoms with van der Waals surface area (Å²) in [6.45, 7) is 4.93. The van der Waals surface area contributed by atoms with Crippen LogP contribution in [0, 0.1) is 0 Å². The molecular weight excluding hydrogens is 427 g/mol. The minimum atomic E-state index is -0.183. The number of hydrogen-bond donors (Lipinski definition) is 3. The number of morpholine rings is 1. The topological polar surface area (TPSA) is 124 Å². The summed E-state index contributed by atoms with van der Waals surface area (Å²) in [4.78, 5) is 10.1. The zero-order valence-corrected chi connectivity index (χ0v) is 17.9. The summed E-state index contributed by atoms with van der Waals surface area (Å²) in [5.41, 5.74) is 18.2. The molecule has 0 radical (unpaired) electrons. The zero-order valence-electron chi connectivity index (χ0n) is 16.4. The Morgan fingerprint density at radius 1 is 1.03 bits per heavy atom. The number of rotatable bonds is 6. The molecule has 0 aliphatic carbocycles. The Kier molecular flexibility index (Phi) is 7.75. The van der Waals surface area contributed by atoms with E-state index in [2.05, 4.69) is 14.9 Å². The van der Waals surface area contributed by atoms with Crippen LogP contribution < -0.4 is 21.9 Å². The van der Waals surface area contributed by atoms with Crippen LogP contribution >= 0.6 is 23.2 Å². The van der Waals surface area contributed by atoms with Crippen LogP contribution in [0.5, 0.6) is 5.75 Å². The second-order valence-electron chi connectivity index (χ2n) is 6.62. The van der Waals surface area contributed by atoms with Gasteiger partial charge in [-0.15, -0.1) is 0 Å². The molecule has 1 aliphatic heterocycles. The molecule has 0 atom stereocenters. The fraction of sp³-hybridized carbons (Fsp3) is 0.300. The Balaban J connectivity index is 1.67. The lowest BCUT2D eigenvalue weighted by molar-refractivity contribution is 0.0322. The molecule has 0 aromatic heterocycles. The van der Waals surface area contributed by atoms with E-state index >= 15 is 0 Å². The fourth-order valence-corrected chi connectivity index (χ4v) is 3.72. The van der Waals surface area contributed by atoms with Crippen LogP contribution in [-0.4, -0.2) is 56.3 Å². The summed E-state index contributed by atoms with van der Waals surface area (Å²) in [6.07, 6.45) is 0. The monoisotopic (exact) mass is 450 g/mol. The molecule has 1 aliphatic rings. The summed E-state index contributed by atoms with van der Waals surface area (Å²) in [6, 6.07) is 10.9. The molecule has 10 heteroatoms. The van der Waals surface area contributed by atoms with E-state index in [1.807, 2.05) is 24.3 Å². The molecule has 2 aromatic carbocycles. The van der Waals surface area contributed by atoms with Gasteiger partial charge in [0.1, 0.15) is 12.4 Å². The molecule has 0 unspecified atom stereocenters. The van der Waals surface area contributed by atoms with Crippen LogP contribution in [0.3, 0.4) is 0 Å². The predicted octanol–water partition coefficient (Wildman–Crippen LogP) is 2.59. The van der Waals surface area contributed by atoms with Gasteiger partial charge in [0.2, 0.25) is 5.96 Å². The van der Waals surface area contributed by atoms with E-state index in [-0.39, 0.29) is 11.9 Å². The van der Waals surface area contributed by atoms with Crippen LogP contribution in [0.1, 0.15) is 0 Å². The third kappa shape index (κ3) is 6.24. The average Bonchev–Trinajstić information content (AvgIpc) is 2.69. The molecule has 8 nitrogen and oxygen atoms in total. The highest BCUT2D eigenvalue weighted by molar-refractivity contribution is 6.39. The highest BCUT2D eigenvalue weighted by Crippen LogP contribution is 2.38. The lowest BCUT2D eigenvalue weighted by Crippen LogP contribution is -2.38. The van der Waals surface area contributed by atoms with Crippen LogP contribution in [0.2, 0.25) is 10.0 Å². The van der Waals surface area contributed by atoms with Crippen molar-refractivity contribution in [2.24, 2.45) is 27.2 Å². The van der Waals surface area contributed by atoms with E-state index in [4.69, 9.17) is 49.9 Å². The smallest absolute Gasteiger partial charge is 0.223 e. The van der Waals surface area contributed by atoms with Crippen molar-refractivity contribution in [1.29, 1.82) is 0 Å². The first-order chi connectivity index (χ1) is 14.4. The first-order valence-corrected chi connectivity index (χ1v) is 10.1. The molecule has 0 spiro atoms. The lowest BCUT2D eigenvalue weighted by atomic mass is 10.0. The van der Waals surface area contributed by atoms with Crippen LogP contribution in [-0.2, 0) is 4.74 Å². The summed E-state index contributed by atoms with van der Waals surface area (Å²) in [5.74, 6) is 0.510. The van der Waals surface area contributed by atoms with E-state index in [1.165, 1.54) is 0 Å². The maximum Gasteiger partial charge on any atom is 0.223 e.